The maximum Gasteiger partial charge on any atom is 0.500 e. The molecule has 0 aromatic carbocycles. The quantitative estimate of drug-likeness (QED) is 0.458. The molecule has 104 valence electrons. The first-order valence-electron chi connectivity index (χ1n) is 6.55. The lowest BCUT2D eigenvalue weighted by molar-refractivity contribution is 0.0931. The van der Waals surface area contributed by atoms with E-state index in [0.29, 0.717) is 5.92 Å². The first kappa shape index (κ1) is 17.1. The largest absolute Gasteiger partial charge is 0.500 e. The normalized spacial score (nSPS) is 12.4. The lowest BCUT2D eigenvalue weighted by Gasteiger charge is -2.27. The van der Waals surface area contributed by atoms with Gasteiger partial charge < -0.3 is 18.6 Å². The molecular formula is C12H29NO3Si. The molecule has 0 aliphatic carbocycles. The van der Waals surface area contributed by atoms with Crippen LogP contribution in [0.4, 0.5) is 0 Å². The summed E-state index contributed by atoms with van der Waals surface area (Å²) in [6.45, 7) is 9.25. The van der Waals surface area contributed by atoms with E-state index < -0.39 is 8.80 Å². The third-order valence-corrected chi connectivity index (χ3v) is 5.80. The van der Waals surface area contributed by atoms with Crippen LogP contribution in [-0.4, -0.2) is 42.7 Å². The molecule has 4 nitrogen and oxygen atoms in total. The Labute approximate surface area is 107 Å². The van der Waals surface area contributed by atoms with Gasteiger partial charge in [0.05, 0.1) is 0 Å². The van der Waals surface area contributed by atoms with Crippen LogP contribution in [0.15, 0.2) is 0 Å². The molecule has 0 aromatic heterocycles. The van der Waals surface area contributed by atoms with Crippen LogP contribution in [0, 0.1) is 5.92 Å². The lowest BCUT2D eigenvalue weighted by Crippen LogP contribution is -2.45. The number of rotatable bonds is 11. The van der Waals surface area contributed by atoms with Crippen molar-refractivity contribution in [3.8, 4) is 0 Å². The summed E-state index contributed by atoms with van der Waals surface area (Å²) in [4.78, 5) is 0. The van der Waals surface area contributed by atoms with Crippen molar-refractivity contribution in [1.29, 1.82) is 0 Å². The number of hydrogen-bond donors (Lipinski definition) is 1. The minimum atomic E-state index is -2.40. The van der Waals surface area contributed by atoms with Crippen molar-refractivity contribution < 1.29 is 13.3 Å². The van der Waals surface area contributed by atoms with E-state index >= 15 is 0 Å². The lowest BCUT2D eigenvalue weighted by atomic mass is 10.3. The zero-order valence-electron chi connectivity index (χ0n) is 12.0. The van der Waals surface area contributed by atoms with Gasteiger partial charge >= 0.3 is 8.80 Å². The highest BCUT2D eigenvalue weighted by Crippen LogP contribution is 2.19. The van der Waals surface area contributed by atoms with Crippen LogP contribution in [0.5, 0.6) is 0 Å². The third-order valence-electron chi connectivity index (χ3n) is 2.60. The van der Waals surface area contributed by atoms with Gasteiger partial charge in [-0.15, -0.1) is 0 Å². The van der Waals surface area contributed by atoms with Gasteiger partial charge in [0.25, 0.3) is 0 Å². The van der Waals surface area contributed by atoms with Crippen LogP contribution in [0.1, 0.15) is 33.6 Å². The van der Waals surface area contributed by atoms with Gasteiger partial charge in [-0.25, -0.2) is 0 Å². The predicted octanol–water partition coefficient (Wildman–Crippen LogP) is 2.28. The molecule has 0 fully saturated rings. The average Bonchev–Trinajstić information content (AvgIpc) is 2.31. The Bertz CT molecular complexity index is 175. The van der Waals surface area contributed by atoms with E-state index in [-0.39, 0.29) is 0 Å². The Morgan fingerprint density at radius 1 is 1.12 bits per heavy atom. The highest BCUT2D eigenvalue weighted by atomic mass is 28.4. The van der Waals surface area contributed by atoms with Crippen molar-refractivity contribution in [3.63, 3.8) is 0 Å². The average molecular weight is 263 g/mol. The van der Waals surface area contributed by atoms with Crippen molar-refractivity contribution in [2.24, 2.45) is 5.92 Å². The summed E-state index contributed by atoms with van der Waals surface area (Å²) in [6.07, 6.45) is 2.18. The van der Waals surface area contributed by atoms with Gasteiger partial charge in [0.15, 0.2) is 0 Å². The van der Waals surface area contributed by atoms with Crippen LogP contribution < -0.4 is 5.32 Å². The molecule has 0 saturated heterocycles. The van der Waals surface area contributed by atoms with Gasteiger partial charge in [-0.1, -0.05) is 20.8 Å². The first-order chi connectivity index (χ1) is 8.10. The van der Waals surface area contributed by atoms with Gasteiger partial charge in [-0.05, 0) is 31.8 Å². The second kappa shape index (κ2) is 10.0. The molecule has 0 rings (SSSR count). The molecular weight excluding hydrogens is 234 g/mol. The highest BCUT2D eigenvalue weighted by molar-refractivity contribution is 6.60. The van der Waals surface area contributed by atoms with Crippen LogP contribution in [0.25, 0.3) is 0 Å². The van der Waals surface area contributed by atoms with Crippen LogP contribution in [-0.2, 0) is 13.3 Å². The molecule has 0 aromatic rings. The smallest absolute Gasteiger partial charge is 0.377 e. The molecule has 17 heavy (non-hydrogen) atoms. The van der Waals surface area contributed by atoms with Crippen LogP contribution >= 0.6 is 0 Å². The minimum Gasteiger partial charge on any atom is -0.377 e. The van der Waals surface area contributed by atoms with Crippen LogP contribution in [0.2, 0.25) is 6.04 Å². The molecule has 1 N–H and O–H groups in total. The Kier molecular flexibility index (Phi) is 10.1. The van der Waals surface area contributed by atoms with Gasteiger partial charge in [0.1, 0.15) is 0 Å². The molecule has 0 heterocycles. The van der Waals surface area contributed by atoms with Crippen LogP contribution in [0.3, 0.4) is 0 Å². The third kappa shape index (κ3) is 7.89. The molecule has 5 heteroatoms. The Balaban J connectivity index is 3.84. The Hall–Kier alpha value is 0.0569. The van der Waals surface area contributed by atoms with E-state index in [4.69, 9.17) is 13.3 Å². The van der Waals surface area contributed by atoms with E-state index in [1.54, 1.807) is 14.2 Å². The van der Waals surface area contributed by atoms with Gasteiger partial charge in [-0.3, -0.25) is 0 Å². The minimum absolute atomic E-state index is 0.531. The fourth-order valence-corrected chi connectivity index (χ4v) is 3.99. The molecule has 0 bridgehead atoms. The zero-order chi connectivity index (χ0) is 13.1. The van der Waals surface area contributed by atoms with Crippen molar-refractivity contribution >= 4 is 8.80 Å². The molecule has 0 spiro atoms. The number of hydrogen-bond acceptors (Lipinski definition) is 4. The first-order valence-corrected chi connectivity index (χ1v) is 8.48. The molecule has 0 aliphatic rings. The standard InChI is InChI=1S/C12H29NO3Si/c1-6-13-9-7-8-10-16-17(14-4,15-5)11-12(2)3/h12-13H,6-11H2,1-5H3. The summed E-state index contributed by atoms with van der Waals surface area (Å²) in [7, 11) is 0.987. The molecule has 0 atom stereocenters. The molecule has 0 unspecified atom stereocenters. The number of nitrogens with one attached hydrogen (secondary N) is 1. The van der Waals surface area contributed by atoms with Crippen molar-refractivity contribution in [1.82, 2.24) is 5.32 Å². The Morgan fingerprint density at radius 2 is 1.76 bits per heavy atom. The SMILES string of the molecule is CCNCCCCO[Si](CC(C)C)(OC)OC. The molecule has 0 radical (unpaired) electrons. The second-order valence-corrected chi connectivity index (χ2v) is 7.48. The maximum absolute atomic E-state index is 5.89. The summed E-state index contributed by atoms with van der Waals surface area (Å²) in [5, 5.41) is 3.30. The fraction of sp³-hybridized carbons (Fsp3) is 1.00. The van der Waals surface area contributed by atoms with E-state index in [2.05, 4.69) is 26.1 Å². The molecule has 0 amide bonds. The van der Waals surface area contributed by atoms with E-state index in [1.165, 1.54) is 0 Å². The van der Waals surface area contributed by atoms with Crippen molar-refractivity contribution in [3.05, 3.63) is 0 Å². The zero-order valence-corrected chi connectivity index (χ0v) is 13.0. The Morgan fingerprint density at radius 3 is 2.24 bits per heavy atom. The van der Waals surface area contributed by atoms with Gasteiger partial charge in [-0.2, -0.15) is 0 Å². The number of unbranched alkanes of at least 4 members (excludes halogenated alkanes) is 1. The summed E-state index contributed by atoms with van der Waals surface area (Å²) < 4.78 is 16.9. The van der Waals surface area contributed by atoms with E-state index in [0.717, 1.165) is 38.6 Å². The topological polar surface area (TPSA) is 39.7 Å². The van der Waals surface area contributed by atoms with Gasteiger partial charge in [0, 0.05) is 26.9 Å². The molecule has 0 aliphatic heterocycles. The highest BCUT2D eigenvalue weighted by Gasteiger charge is 2.39. The summed E-state index contributed by atoms with van der Waals surface area (Å²) >= 11 is 0. The summed E-state index contributed by atoms with van der Waals surface area (Å²) in [6, 6.07) is 0.882. The second-order valence-electron chi connectivity index (χ2n) is 4.60. The predicted molar refractivity (Wildman–Crippen MR) is 73.1 cm³/mol. The van der Waals surface area contributed by atoms with Crippen molar-refractivity contribution in [2.45, 2.75) is 39.7 Å². The van der Waals surface area contributed by atoms with E-state index in [1.807, 2.05) is 0 Å². The fourth-order valence-electron chi connectivity index (χ4n) is 1.68. The van der Waals surface area contributed by atoms with E-state index in [9.17, 15) is 0 Å². The molecule has 0 saturated carbocycles. The van der Waals surface area contributed by atoms with Gasteiger partial charge in [0.2, 0.25) is 0 Å². The summed E-state index contributed by atoms with van der Waals surface area (Å²) in [5.41, 5.74) is 0. The maximum atomic E-state index is 5.89. The van der Waals surface area contributed by atoms with Crippen molar-refractivity contribution in [2.75, 3.05) is 33.9 Å². The monoisotopic (exact) mass is 263 g/mol. The summed E-state index contributed by atoms with van der Waals surface area (Å²) in [5.74, 6) is 0.531.